The maximum Gasteiger partial charge on any atom is 0.372 e. The Labute approximate surface area is 196 Å². The van der Waals surface area contributed by atoms with E-state index in [-0.39, 0.29) is 44.0 Å². The first kappa shape index (κ1) is 28.0. The van der Waals surface area contributed by atoms with Gasteiger partial charge in [-0.15, -0.1) is 0 Å². The summed E-state index contributed by atoms with van der Waals surface area (Å²) < 4.78 is 50.0. The average Bonchev–Trinajstić information content (AvgIpc) is 3.21. The van der Waals surface area contributed by atoms with Gasteiger partial charge in [0, 0.05) is 12.0 Å². The van der Waals surface area contributed by atoms with Crippen molar-refractivity contribution in [1.82, 2.24) is 0 Å². The first-order valence-electron chi connectivity index (χ1n) is 11.3. The van der Waals surface area contributed by atoms with Crippen LogP contribution in [-0.2, 0) is 32.6 Å². The molecule has 0 radical (unpaired) electrons. The summed E-state index contributed by atoms with van der Waals surface area (Å²) in [5.74, 6) is -0.333. The van der Waals surface area contributed by atoms with Crippen molar-refractivity contribution in [3.05, 3.63) is 35.4 Å². The fourth-order valence-electron chi connectivity index (χ4n) is 3.63. The van der Waals surface area contributed by atoms with Crippen LogP contribution in [0.15, 0.2) is 34.5 Å². The second-order valence-corrected chi connectivity index (χ2v) is 13.4. The number of azo groups is 1. The molecule has 1 aliphatic rings. The number of Topliss-reactive ketones (excluding diaryl/α,β-unsaturated/α-hetero) is 1. The lowest BCUT2D eigenvalue weighted by Crippen LogP contribution is -2.33. The lowest BCUT2D eigenvalue weighted by molar-refractivity contribution is 0.0960. The van der Waals surface area contributed by atoms with Crippen molar-refractivity contribution in [2.45, 2.75) is 71.4 Å². The summed E-state index contributed by atoms with van der Waals surface area (Å²) in [7, 11) is -8.41. The summed E-state index contributed by atoms with van der Waals surface area (Å²) in [5, 5.41) is 6.19. The van der Waals surface area contributed by atoms with Crippen LogP contribution in [0.2, 0.25) is 0 Å². The van der Waals surface area contributed by atoms with E-state index in [1.807, 2.05) is 12.1 Å². The number of carbonyl (C=O) groups excluding carboxylic acids is 1. The molecule has 0 aromatic heterocycles. The second kappa shape index (κ2) is 11.0. The molecule has 186 valence electrons. The summed E-state index contributed by atoms with van der Waals surface area (Å²) in [6, 6.07) is 6.21. The van der Waals surface area contributed by atoms with Crippen LogP contribution < -0.4 is 0 Å². The molecular weight excluding hydrogens is 466 g/mol. The molecule has 0 aliphatic carbocycles. The lowest BCUT2D eigenvalue weighted by Gasteiger charge is -2.36. The van der Waals surface area contributed by atoms with Crippen molar-refractivity contribution in [3.63, 3.8) is 0 Å². The zero-order valence-electron chi connectivity index (χ0n) is 20.6. The molecule has 0 saturated carbocycles. The summed E-state index contributed by atoms with van der Waals surface area (Å²) in [6.07, 6.45) is -0.276. The quantitative estimate of drug-likeness (QED) is 0.234. The van der Waals surface area contributed by atoms with Crippen LogP contribution in [0.4, 0.5) is 0 Å². The van der Waals surface area contributed by atoms with Crippen LogP contribution in [0.5, 0.6) is 0 Å². The normalized spacial score (nSPS) is 18.6. The van der Waals surface area contributed by atoms with Crippen molar-refractivity contribution in [1.29, 1.82) is 0 Å². The van der Waals surface area contributed by atoms with Gasteiger partial charge < -0.3 is 18.1 Å². The van der Waals surface area contributed by atoms with E-state index in [1.54, 1.807) is 39.8 Å². The van der Waals surface area contributed by atoms with Gasteiger partial charge in [0.2, 0.25) is 0 Å². The monoisotopic (exact) mass is 502 g/mol. The molecule has 1 heterocycles. The fraction of sp³-hybridized carbons (Fsp3) is 0.682. The van der Waals surface area contributed by atoms with Crippen LogP contribution in [0.3, 0.4) is 0 Å². The summed E-state index contributed by atoms with van der Waals surface area (Å²) in [4.78, 5) is 13.3. The number of hydrogen-bond donors (Lipinski definition) is 0. The van der Waals surface area contributed by atoms with Gasteiger partial charge >= 0.3 is 15.2 Å². The molecule has 0 amide bonds. The van der Waals surface area contributed by atoms with Crippen LogP contribution in [0.25, 0.3) is 0 Å². The molecular formula is C22H36N2O7P2. The zero-order valence-corrected chi connectivity index (χ0v) is 22.4. The van der Waals surface area contributed by atoms with Gasteiger partial charge in [0.05, 0.1) is 26.4 Å². The third-order valence-corrected chi connectivity index (χ3v) is 11.4. The van der Waals surface area contributed by atoms with Gasteiger partial charge in [-0.05, 0) is 38.7 Å². The van der Waals surface area contributed by atoms with Gasteiger partial charge in [0.25, 0.3) is 5.02 Å². The smallest absolute Gasteiger partial charge is 0.307 e. The molecule has 1 aromatic rings. The van der Waals surface area contributed by atoms with Gasteiger partial charge in [-0.1, -0.05) is 45.0 Å². The highest BCUT2D eigenvalue weighted by Crippen LogP contribution is 2.81. The fourth-order valence-corrected chi connectivity index (χ4v) is 8.97. The maximum atomic E-state index is 14.0. The van der Waals surface area contributed by atoms with Crippen molar-refractivity contribution in [3.8, 4) is 0 Å². The number of benzene rings is 1. The first-order chi connectivity index (χ1) is 15.4. The van der Waals surface area contributed by atoms with Crippen molar-refractivity contribution >= 4 is 21.0 Å². The Balaban J connectivity index is 2.51. The predicted molar refractivity (Wildman–Crippen MR) is 127 cm³/mol. The average molecular weight is 502 g/mol. The number of carbonyl (C=O) groups is 1. The molecule has 1 atom stereocenters. The molecule has 1 unspecified atom stereocenters. The third kappa shape index (κ3) is 5.55. The molecule has 1 aliphatic heterocycles. The Kier molecular flexibility index (Phi) is 9.36. The van der Waals surface area contributed by atoms with Crippen molar-refractivity contribution in [2.75, 3.05) is 26.4 Å². The van der Waals surface area contributed by atoms with E-state index in [0.29, 0.717) is 5.56 Å². The van der Waals surface area contributed by atoms with E-state index in [2.05, 4.69) is 31.0 Å². The highest BCUT2D eigenvalue weighted by molar-refractivity contribution is 7.74. The lowest BCUT2D eigenvalue weighted by atomic mass is 9.86. The minimum atomic E-state index is -4.20. The van der Waals surface area contributed by atoms with Crippen LogP contribution >= 0.6 is 15.2 Å². The second-order valence-electron chi connectivity index (χ2n) is 8.57. The van der Waals surface area contributed by atoms with Crippen LogP contribution in [0.1, 0.15) is 70.8 Å². The van der Waals surface area contributed by atoms with E-state index in [4.69, 9.17) is 18.1 Å². The highest BCUT2D eigenvalue weighted by atomic mass is 31.2. The van der Waals surface area contributed by atoms with Gasteiger partial charge in [-0.3, -0.25) is 13.9 Å². The molecule has 0 N–H and O–H groups in total. The minimum absolute atomic E-state index is 0.0136. The number of nitrogens with zero attached hydrogens (tertiary/aromatic N) is 2. The molecule has 1 aromatic carbocycles. The Bertz CT molecular complexity index is 891. The van der Waals surface area contributed by atoms with E-state index in [1.165, 1.54) is 0 Å². The van der Waals surface area contributed by atoms with Crippen molar-refractivity contribution < 1.29 is 32.0 Å². The Hall–Kier alpha value is -1.21. The molecule has 2 rings (SSSR count). The number of rotatable bonds is 12. The molecule has 11 heteroatoms. The van der Waals surface area contributed by atoms with E-state index in [0.717, 1.165) is 5.56 Å². The zero-order chi connectivity index (χ0) is 24.9. The SMILES string of the molecule is CCOP(=O)(OCC)C1(P(=O)(OCC)OCC)CC(C(=O)c2ccc(C(C)(C)C)cc2)N=N1. The predicted octanol–water partition coefficient (Wildman–Crippen LogP) is 6.58. The van der Waals surface area contributed by atoms with E-state index >= 15 is 0 Å². The number of hydrogen-bond acceptors (Lipinski definition) is 9. The van der Waals surface area contributed by atoms with E-state index in [9.17, 15) is 13.9 Å². The summed E-state index contributed by atoms with van der Waals surface area (Å²) in [6.45, 7) is 12.9. The maximum absolute atomic E-state index is 14.0. The first-order valence-corrected chi connectivity index (χ1v) is 14.4. The molecule has 33 heavy (non-hydrogen) atoms. The largest absolute Gasteiger partial charge is 0.372 e. The van der Waals surface area contributed by atoms with Crippen molar-refractivity contribution in [2.24, 2.45) is 10.2 Å². The molecule has 0 bridgehead atoms. The van der Waals surface area contributed by atoms with E-state index < -0.39 is 26.3 Å². The Morgan fingerprint density at radius 2 is 1.33 bits per heavy atom. The van der Waals surface area contributed by atoms with Gasteiger partial charge in [-0.2, -0.15) is 10.2 Å². The molecule has 0 saturated heterocycles. The Morgan fingerprint density at radius 3 is 1.70 bits per heavy atom. The third-order valence-electron chi connectivity index (χ3n) is 5.24. The number of ketones is 1. The van der Waals surface area contributed by atoms with Crippen LogP contribution in [0, 0.1) is 0 Å². The highest BCUT2D eigenvalue weighted by Gasteiger charge is 2.69. The summed E-state index contributed by atoms with van der Waals surface area (Å²) >= 11 is 0. The molecule has 0 fully saturated rings. The Morgan fingerprint density at radius 1 is 0.909 bits per heavy atom. The molecule has 9 nitrogen and oxygen atoms in total. The van der Waals surface area contributed by atoms with Crippen LogP contribution in [-0.4, -0.2) is 43.3 Å². The van der Waals surface area contributed by atoms with Gasteiger partial charge in [0.15, 0.2) is 5.78 Å². The summed E-state index contributed by atoms with van der Waals surface area (Å²) in [5.41, 5.74) is 1.44. The topological polar surface area (TPSA) is 113 Å². The van der Waals surface area contributed by atoms with Gasteiger partial charge in [-0.25, -0.2) is 0 Å². The minimum Gasteiger partial charge on any atom is -0.307 e. The standard InChI is InChI=1S/C22H36N2O7P2/c1-8-28-32(26,29-9-2)22(33(27,30-10-3)31-11-4)16-19(23-24-22)20(25)17-12-14-18(15-13-17)21(5,6)7/h12-15,19H,8-11,16H2,1-7H3. The molecule has 0 spiro atoms. The van der Waals surface area contributed by atoms with Gasteiger partial charge in [0.1, 0.15) is 6.04 Å².